The van der Waals surface area contributed by atoms with Crippen LogP contribution in [0.25, 0.3) is 0 Å². The van der Waals surface area contributed by atoms with Crippen LogP contribution in [0.1, 0.15) is 11.6 Å². The molecule has 0 unspecified atom stereocenters. The van der Waals surface area contributed by atoms with E-state index in [1.165, 1.54) is 0 Å². The maximum atomic E-state index is 5.63. The molecule has 0 atom stereocenters. The molecule has 0 aliphatic rings. The Labute approximate surface area is 115 Å². The average Bonchev–Trinajstić information content (AvgIpc) is 2.13. The third-order valence-corrected chi connectivity index (χ3v) is 2.25. The molecule has 2 aromatic heterocycles. The summed E-state index contributed by atoms with van der Waals surface area (Å²) in [6.07, 6.45) is 0.171. The molecule has 6 nitrogen and oxygen atoms in total. The smallest absolute Gasteiger partial charge is 0.202 e. The minimum atomic E-state index is -0.00810. The summed E-state index contributed by atoms with van der Waals surface area (Å²) in [4.78, 5) is 22.7. The maximum Gasteiger partial charge on any atom is 0.226 e. The van der Waals surface area contributed by atoms with Gasteiger partial charge in [0, 0.05) is 0 Å². The number of rotatable bonds is 2. The number of nitrogens with zero attached hydrogens (tertiary/aromatic N) is 6. The number of halogens is 4. The summed E-state index contributed by atoms with van der Waals surface area (Å²) in [6, 6.07) is 0. The third kappa shape index (κ3) is 3.57. The monoisotopic (exact) mass is 310 g/mol. The molecule has 2 aromatic rings. The van der Waals surface area contributed by atoms with Gasteiger partial charge < -0.3 is 0 Å². The van der Waals surface area contributed by atoms with E-state index >= 15 is 0 Å². The lowest BCUT2D eigenvalue weighted by molar-refractivity contribution is 0.847. The Morgan fingerprint density at radius 2 is 0.824 bits per heavy atom. The Bertz CT molecular complexity index is 472. The second kappa shape index (κ2) is 5.22. The minimum absolute atomic E-state index is 0.00810. The first kappa shape index (κ1) is 12.6. The van der Waals surface area contributed by atoms with Crippen LogP contribution in [0.15, 0.2) is 0 Å². The highest BCUT2D eigenvalue weighted by Gasteiger charge is 2.09. The van der Waals surface area contributed by atoms with Crippen molar-refractivity contribution in [1.29, 1.82) is 0 Å². The van der Waals surface area contributed by atoms with E-state index in [-0.39, 0.29) is 27.6 Å². The average molecular weight is 312 g/mol. The first-order valence-electron chi connectivity index (χ1n) is 4.15. The molecule has 0 amide bonds. The normalized spacial score (nSPS) is 10.6. The van der Waals surface area contributed by atoms with Gasteiger partial charge in [-0.05, 0) is 46.4 Å². The van der Waals surface area contributed by atoms with E-state index in [2.05, 4.69) is 29.9 Å². The molecule has 0 bridgehead atoms. The number of aromatic nitrogens is 6. The standard InChI is InChI=1S/C7H2Cl4N6/c8-4-12-2(13-5(9)16-4)1-3-14-6(10)17-7(11)15-3/h1H2. The molecule has 0 aliphatic heterocycles. The highest BCUT2D eigenvalue weighted by Crippen LogP contribution is 2.11. The third-order valence-electron chi connectivity index (χ3n) is 1.57. The predicted molar refractivity (Wildman–Crippen MR) is 62.5 cm³/mol. The van der Waals surface area contributed by atoms with Gasteiger partial charge in [0.05, 0.1) is 6.42 Å². The van der Waals surface area contributed by atoms with Crippen LogP contribution in [-0.2, 0) is 6.42 Å². The predicted octanol–water partition coefficient (Wildman–Crippen LogP) is 2.26. The van der Waals surface area contributed by atoms with Crippen molar-refractivity contribution in [2.75, 3.05) is 0 Å². The van der Waals surface area contributed by atoms with E-state index in [1.807, 2.05) is 0 Å². The van der Waals surface area contributed by atoms with Crippen LogP contribution in [0.4, 0.5) is 0 Å². The lowest BCUT2D eigenvalue weighted by Gasteiger charge is -2.00. The van der Waals surface area contributed by atoms with Crippen LogP contribution in [0, 0.1) is 0 Å². The SMILES string of the molecule is Clc1nc(Cl)nc(Cc2nc(Cl)nc(Cl)n2)n1. The van der Waals surface area contributed by atoms with Crippen molar-refractivity contribution >= 4 is 46.4 Å². The van der Waals surface area contributed by atoms with E-state index in [0.717, 1.165) is 0 Å². The molecule has 0 spiro atoms. The van der Waals surface area contributed by atoms with Crippen LogP contribution >= 0.6 is 46.4 Å². The maximum absolute atomic E-state index is 5.63. The molecule has 0 radical (unpaired) electrons. The van der Waals surface area contributed by atoms with Gasteiger partial charge in [0.2, 0.25) is 21.1 Å². The lowest BCUT2D eigenvalue weighted by atomic mass is 10.4. The van der Waals surface area contributed by atoms with Crippen molar-refractivity contribution in [3.05, 3.63) is 32.8 Å². The van der Waals surface area contributed by atoms with Gasteiger partial charge in [-0.25, -0.2) is 19.9 Å². The molecule has 17 heavy (non-hydrogen) atoms. The van der Waals surface area contributed by atoms with Gasteiger partial charge in [0.25, 0.3) is 0 Å². The molecule has 10 heteroatoms. The van der Waals surface area contributed by atoms with Crippen LogP contribution in [0.2, 0.25) is 21.1 Å². The Balaban J connectivity index is 2.31. The molecular formula is C7H2Cl4N6. The topological polar surface area (TPSA) is 77.3 Å². The lowest BCUT2D eigenvalue weighted by Crippen LogP contribution is -2.04. The van der Waals surface area contributed by atoms with Gasteiger partial charge in [-0.1, -0.05) is 0 Å². The molecule has 2 rings (SSSR count). The highest BCUT2D eigenvalue weighted by atomic mass is 35.5. The highest BCUT2D eigenvalue weighted by molar-refractivity contribution is 6.31. The van der Waals surface area contributed by atoms with Crippen LogP contribution in [0.3, 0.4) is 0 Å². The van der Waals surface area contributed by atoms with Crippen molar-refractivity contribution in [2.24, 2.45) is 0 Å². The first-order valence-corrected chi connectivity index (χ1v) is 5.66. The fourth-order valence-electron chi connectivity index (χ4n) is 1.03. The first-order chi connectivity index (χ1) is 8.02. The minimum Gasteiger partial charge on any atom is -0.202 e. The summed E-state index contributed by atoms with van der Waals surface area (Å²) in [5, 5.41) is -0.0324. The van der Waals surface area contributed by atoms with Crippen LogP contribution in [-0.4, -0.2) is 29.9 Å². The van der Waals surface area contributed by atoms with Crippen molar-refractivity contribution < 1.29 is 0 Å². The second-order valence-corrected chi connectivity index (χ2v) is 4.11. The van der Waals surface area contributed by atoms with E-state index in [4.69, 9.17) is 46.4 Å². The summed E-state index contributed by atoms with van der Waals surface area (Å²) in [7, 11) is 0. The molecule has 0 aliphatic carbocycles. The Hall–Kier alpha value is -0.820. The van der Waals surface area contributed by atoms with E-state index in [9.17, 15) is 0 Å². The quantitative estimate of drug-likeness (QED) is 0.846. The molecular weight excluding hydrogens is 310 g/mol. The summed E-state index contributed by atoms with van der Waals surface area (Å²) in [5.41, 5.74) is 0. The fourth-order valence-corrected chi connectivity index (χ4v) is 1.82. The van der Waals surface area contributed by atoms with Gasteiger partial charge >= 0.3 is 0 Å². The Morgan fingerprint density at radius 3 is 1.12 bits per heavy atom. The fraction of sp³-hybridized carbons (Fsp3) is 0.143. The van der Waals surface area contributed by atoms with Crippen molar-refractivity contribution in [1.82, 2.24) is 29.9 Å². The molecule has 0 saturated carbocycles. The van der Waals surface area contributed by atoms with Gasteiger partial charge in [0.15, 0.2) is 0 Å². The van der Waals surface area contributed by atoms with Crippen molar-refractivity contribution in [3.63, 3.8) is 0 Å². The van der Waals surface area contributed by atoms with Gasteiger partial charge in [0.1, 0.15) is 11.6 Å². The molecule has 0 N–H and O–H groups in total. The molecule has 2 heterocycles. The summed E-state index contributed by atoms with van der Waals surface area (Å²) < 4.78 is 0. The number of hydrogen-bond donors (Lipinski definition) is 0. The summed E-state index contributed by atoms with van der Waals surface area (Å²) in [6.45, 7) is 0. The largest absolute Gasteiger partial charge is 0.226 e. The Morgan fingerprint density at radius 1 is 0.529 bits per heavy atom. The zero-order chi connectivity index (χ0) is 12.4. The van der Waals surface area contributed by atoms with Gasteiger partial charge in [-0.2, -0.15) is 9.97 Å². The Kier molecular flexibility index (Phi) is 3.88. The number of hydrogen-bond acceptors (Lipinski definition) is 6. The molecule has 0 fully saturated rings. The molecule has 0 aromatic carbocycles. The molecule has 88 valence electrons. The van der Waals surface area contributed by atoms with E-state index in [0.29, 0.717) is 11.6 Å². The zero-order valence-corrected chi connectivity index (χ0v) is 10.9. The van der Waals surface area contributed by atoms with Crippen LogP contribution < -0.4 is 0 Å². The van der Waals surface area contributed by atoms with Gasteiger partial charge in [-0.3, -0.25) is 0 Å². The van der Waals surface area contributed by atoms with Crippen molar-refractivity contribution in [2.45, 2.75) is 6.42 Å². The van der Waals surface area contributed by atoms with Crippen LogP contribution in [0.5, 0.6) is 0 Å². The summed E-state index contributed by atoms with van der Waals surface area (Å²) >= 11 is 22.5. The zero-order valence-electron chi connectivity index (χ0n) is 7.90. The summed E-state index contributed by atoms with van der Waals surface area (Å²) in [5.74, 6) is 0.627. The van der Waals surface area contributed by atoms with Gasteiger partial charge in [-0.15, -0.1) is 0 Å². The van der Waals surface area contributed by atoms with E-state index < -0.39 is 0 Å². The van der Waals surface area contributed by atoms with Crippen molar-refractivity contribution in [3.8, 4) is 0 Å². The van der Waals surface area contributed by atoms with E-state index in [1.54, 1.807) is 0 Å². The molecule has 0 saturated heterocycles. The second-order valence-electron chi connectivity index (χ2n) is 2.76.